The van der Waals surface area contributed by atoms with Crippen molar-refractivity contribution >= 4 is 11.9 Å². The molecule has 1 amide bonds. The number of amides is 1. The fourth-order valence-corrected chi connectivity index (χ4v) is 2.74. The van der Waals surface area contributed by atoms with Gasteiger partial charge < -0.3 is 10.0 Å². The minimum Gasteiger partial charge on any atom is -0.478 e. The largest absolute Gasteiger partial charge is 0.478 e. The summed E-state index contributed by atoms with van der Waals surface area (Å²) in [5.41, 5.74) is 0.895. The van der Waals surface area contributed by atoms with Crippen LogP contribution in [0, 0.1) is 0 Å². The third-order valence-electron chi connectivity index (χ3n) is 4.21. The Morgan fingerprint density at radius 1 is 1.30 bits per heavy atom. The van der Waals surface area contributed by atoms with Gasteiger partial charge in [-0.25, -0.2) is 4.79 Å². The van der Waals surface area contributed by atoms with E-state index >= 15 is 0 Å². The Morgan fingerprint density at radius 2 is 2.00 bits per heavy atom. The first-order valence-corrected chi connectivity index (χ1v) is 8.17. The number of rotatable bonds is 6. The number of nitrogens with zero attached hydrogens (tertiary/aromatic N) is 3. The number of carbonyl (C=O) groups is 2. The van der Waals surface area contributed by atoms with E-state index in [4.69, 9.17) is 5.11 Å². The first-order chi connectivity index (χ1) is 11.0. The molecule has 0 bridgehead atoms. The molecular weight excluding hydrogens is 294 g/mol. The molecule has 0 unspecified atom stereocenters. The quantitative estimate of drug-likeness (QED) is 0.868. The molecule has 0 aromatic carbocycles. The predicted molar refractivity (Wildman–Crippen MR) is 87.2 cm³/mol. The van der Waals surface area contributed by atoms with E-state index in [0.29, 0.717) is 18.8 Å². The maximum Gasteiger partial charge on any atom is 0.335 e. The van der Waals surface area contributed by atoms with Crippen LogP contribution in [0.1, 0.15) is 49.2 Å². The molecule has 126 valence electrons. The zero-order valence-corrected chi connectivity index (χ0v) is 13.9. The number of piperidine rings is 1. The molecule has 1 aromatic heterocycles. The Morgan fingerprint density at radius 3 is 2.61 bits per heavy atom. The first kappa shape index (κ1) is 17.4. The summed E-state index contributed by atoms with van der Waals surface area (Å²) in [5, 5.41) is 9.07. The van der Waals surface area contributed by atoms with E-state index in [0.717, 1.165) is 25.9 Å². The molecule has 0 spiro atoms. The maximum absolute atomic E-state index is 12.4. The minimum absolute atomic E-state index is 0.146. The maximum atomic E-state index is 12.4. The number of likely N-dealkylation sites (tertiary alicyclic amines) is 1. The van der Waals surface area contributed by atoms with E-state index in [1.54, 1.807) is 6.07 Å². The number of pyridine rings is 1. The van der Waals surface area contributed by atoms with Crippen LogP contribution in [-0.2, 0) is 11.3 Å². The van der Waals surface area contributed by atoms with Crippen molar-refractivity contribution in [3.63, 3.8) is 0 Å². The van der Waals surface area contributed by atoms with Gasteiger partial charge in [-0.2, -0.15) is 0 Å². The molecule has 1 aromatic rings. The normalized spacial score (nSPS) is 15.2. The molecule has 1 aliphatic heterocycles. The van der Waals surface area contributed by atoms with Crippen molar-refractivity contribution in [2.45, 2.75) is 45.7 Å². The highest BCUT2D eigenvalue weighted by Gasteiger charge is 2.21. The van der Waals surface area contributed by atoms with E-state index in [9.17, 15) is 9.59 Å². The number of aromatic nitrogens is 1. The molecule has 23 heavy (non-hydrogen) atoms. The van der Waals surface area contributed by atoms with Crippen LogP contribution in [0.4, 0.5) is 0 Å². The molecule has 1 aliphatic rings. The lowest BCUT2D eigenvalue weighted by molar-refractivity contribution is -0.133. The second-order valence-corrected chi connectivity index (χ2v) is 6.28. The van der Waals surface area contributed by atoms with Gasteiger partial charge in [-0.3, -0.25) is 14.7 Å². The van der Waals surface area contributed by atoms with Crippen molar-refractivity contribution < 1.29 is 14.7 Å². The molecule has 6 heteroatoms. The van der Waals surface area contributed by atoms with E-state index in [2.05, 4.69) is 4.98 Å². The SMILES string of the molecule is CC(C)N(CC(=O)N1CCCCC1)Cc1cc(C(=O)O)ccn1. The molecule has 0 saturated carbocycles. The summed E-state index contributed by atoms with van der Waals surface area (Å²) in [6.07, 6.45) is 4.86. The lowest BCUT2D eigenvalue weighted by Crippen LogP contribution is -2.44. The lowest BCUT2D eigenvalue weighted by atomic mass is 10.1. The van der Waals surface area contributed by atoms with Crippen LogP contribution in [0.25, 0.3) is 0 Å². The fraction of sp³-hybridized carbons (Fsp3) is 0.588. The van der Waals surface area contributed by atoms with E-state index in [1.807, 2.05) is 23.6 Å². The molecule has 6 nitrogen and oxygen atoms in total. The summed E-state index contributed by atoms with van der Waals surface area (Å²) in [5.74, 6) is -0.818. The molecule has 0 atom stereocenters. The molecule has 1 saturated heterocycles. The Bertz CT molecular complexity index is 554. The molecule has 2 rings (SSSR count). The van der Waals surface area contributed by atoms with Crippen LogP contribution in [0.5, 0.6) is 0 Å². The van der Waals surface area contributed by atoms with Crippen molar-refractivity contribution in [1.29, 1.82) is 0 Å². The second kappa shape index (κ2) is 8.06. The van der Waals surface area contributed by atoms with E-state index in [1.165, 1.54) is 18.7 Å². The number of hydrogen-bond donors (Lipinski definition) is 1. The van der Waals surface area contributed by atoms with Gasteiger partial charge in [0.15, 0.2) is 0 Å². The third kappa shape index (κ3) is 5.03. The van der Waals surface area contributed by atoms with Crippen molar-refractivity contribution in [2.24, 2.45) is 0 Å². The van der Waals surface area contributed by atoms with Crippen molar-refractivity contribution in [3.8, 4) is 0 Å². The van der Waals surface area contributed by atoms with Crippen LogP contribution in [0.2, 0.25) is 0 Å². The highest BCUT2D eigenvalue weighted by molar-refractivity contribution is 5.87. The van der Waals surface area contributed by atoms with E-state index < -0.39 is 5.97 Å². The van der Waals surface area contributed by atoms with Gasteiger partial charge in [-0.1, -0.05) is 0 Å². The van der Waals surface area contributed by atoms with Crippen molar-refractivity contribution in [1.82, 2.24) is 14.8 Å². The Balaban J connectivity index is 2.02. The lowest BCUT2D eigenvalue weighted by Gasteiger charge is -2.31. The van der Waals surface area contributed by atoms with Gasteiger partial charge in [0.05, 0.1) is 17.8 Å². The van der Waals surface area contributed by atoms with Crippen molar-refractivity contribution in [3.05, 3.63) is 29.6 Å². The summed E-state index contributed by atoms with van der Waals surface area (Å²) in [4.78, 5) is 31.7. The van der Waals surface area contributed by atoms with Crippen LogP contribution >= 0.6 is 0 Å². The summed E-state index contributed by atoms with van der Waals surface area (Å²) in [7, 11) is 0. The highest BCUT2D eigenvalue weighted by Crippen LogP contribution is 2.12. The molecule has 2 heterocycles. The summed E-state index contributed by atoms with van der Waals surface area (Å²) < 4.78 is 0. The second-order valence-electron chi connectivity index (χ2n) is 6.28. The van der Waals surface area contributed by atoms with Crippen LogP contribution < -0.4 is 0 Å². The van der Waals surface area contributed by atoms with Gasteiger partial charge in [-0.05, 0) is 45.2 Å². The Hall–Kier alpha value is -1.95. The average Bonchev–Trinajstić information content (AvgIpc) is 2.55. The van der Waals surface area contributed by atoms with Crippen LogP contribution in [-0.4, -0.2) is 57.4 Å². The average molecular weight is 319 g/mol. The summed E-state index contributed by atoms with van der Waals surface area (Å²) in [6, 6.07) is 3.23. The van der Waals surface area contributed by atoms with Gasteiger partial charge in [0, 0.05) is 31.9 Å². The van der Waals surface area contributed by atoms with Gasteiger partial charge in [0.25, 0.3) is 0 Å². The third-order valence-corrected chi connectivity index (χ3v) is 4.21. The van der Waals surface area contributed by atoms with Crippen molar-refractivity contribution in [2.75, 3.05) is 19.6 Å². The van der Waals surface area contributed by atoms with Gasteiger partial charge in [-0.15, -0.1) is 0 Å². The molecule has 1 N–H and O–H groups in total. The number of hydrogen-bond acceptors (Lipinski definition) is 4. The number of aromatic carboxylic acids is 1. The Labute approximate surface area is 137 Å². The predicted octanol–water partition coefficient (Wildman–Crippen LogP) is 2.00. The number of carboxylic acid groups (broad SMARTS) is 1. The number of carboxylic acids is 1. The zero-order chi connectivity index (χ0) is 16.8. The van der Waals surface area contributed by atoms with Gasteiger partial charge >= 0.3 is 5.97 Å². The standard InChI is InChI=1S/C17H25N3O3/c1-13(2)20(12-16(21)19-8-4-3-5-9-19)11-15-10-14(17(22)23)6-7-18-15/h6-7,10,13H,3-5,8-9,11-12H2,1-2H3,(H,22,23). The smallest absolute Gasteiger partial charge is 0.335 e. The van der Waals surface area contributed by atoms with Crippen LogP contribution in [0.15, 0.2) is 18.3 Å². The monoisotopic (exact) mass is 319 g/mol. The van der Waals surface area contributed by atoms with E-state index in [-0.39, 0.29) is 17.5 Å². The van der Waals surface area contributed by atoms with Gasteiger partial charge in [0.2, 0.25) is 5.91 Å². The molecule has 0 aliphatic carbocycles. The Kier molecular flexibility index (Phi) is 6.10. The number of carbonyl (C=O) groups excluding carboxylic acids is 1. The van der Waals surface area contributed by atoms with Crippen LogP contribution in [0.3, 0.4) is 0 Å². The molecule has 1 fully saturated rings. The summed E-state index contributed by atoms with van der Waals surface area (Å²) in [6.45, 7) is 6.57. The highest BCUT2D eigenvalue weighted by atomic mass is 16.4. The zero-order valence-electron chi connectivity index (χ0n) is 13.9. The molecule has 0 radical (unpaired) electrons. The minimum atomic E-state index is -0.964. The van der Waals surface area contributed by atoms with Gasteiger partial charge in [0.1, 0.15) is 0 Å². The first-order valence-electron chi connectivity index (χ1n) is 8.17. The topological polar surface area (TPSA) is 73.7 Å². The summed E-state index contributed by atoms with van der Waals surface area (Å²) >= 11 is 0. The fourth-order valence-electron chi connectivity index (χ4n) is 2.74. The molecular formula is C17H25N3O3.